The highest BCUT2D eigenvalue weighted by Crippen LogP contribution is 2.68. The molecule has 2 N–H and O–H groups in total. The number of hydrogen-bond acceptors (Lipinski definition) is 3. The predicted molar refractivity (Wildman–Crippen MR) is 98.7 cm³/mol. The predicted octanol–water partition coefficient (Wildman–Crippen LogP) is 4.21. The van der Waals surface area contributed by atoms with Gasteiger partial charge in [0.25, 0.3) is 0 Å². The number of carbonyl (C=O) groups is 2. The van der Waals surface area contributed by atoms with Gasteiger partial charge in [0.2, 0.25) is 0 Å². The zero-order valence-corrected chi connectivity index (χ0v) is 16.2. The van der Waals surface area contributed by atoms with Crippen LogP contribution >= 0.6 is 11.6 Å². The molecule has 26 heavy (non-hydrogen) atoms. The Labute approximate surface area is 159 Å². The normalized spacial score (nSPS) is 46.8. The molecule has 0 unspecified atom stereocenters. The SMILES string of the molecule is C[C@]12CCC(=O)C=C1CC[C@H]1[C@@H]3CC/C(=C(/Cl)C(=O)O)[C@@]3(C)CC[C@@]12O. The lowest BCUT2D eigenvalue weighted by Gasteiger charge is -2.62. The van der Waals surface area contributed by atoms with Gasteiger partial charge in [0.1, 0.15) is 5.03 Å². The number of fused-ring (bicyclic) bond motifs is 5. The second-order valence-electron chi connectivity index (χ2n) is 9.20. The molecule has 4 nitrogen and oxygen atoms in total. The van der Waals surface area contributed by atoms with Crippen molar-refractivity contribution in [2.45, 2.75) is 70.8 Å². The van der Waals surface area contributed by atoms with Crippen LogP contribution in [-0.2, 0) is 9.59 Å². The van der Waals surface area contributed by atoms with Crippen molar-refractivity contribution in [2.75, 3.05) is 0 Å². The Morgan fingerprint density at radius 3 is 2.50 bits per heavy atom. The molecule has 3 fully saturated rings. The van der Waals surface area contributed by atoms with Crippen molar-refractivity contribution in [3.8, 4) is 0 Å². The zero-order chi connectivity index (χ0) is 18.9. The van der Waals surface area contributed by atoms with Gasteiger partial charge >= 0.3 is 5.97 Å². The number of allylic oxidation sites excluding steroid dienone is 1. The molecule has 5 heteroatoms. The topological polar surface area (TPSA) is 74.6 Å². The Bertz CT molecular complexity index is 753. The van der Waals surface area contributed by atoms with E-state index < -0.39 is 11.6 Å². The highest BCUT2D eigenvalue weighted by atomic mass is 35.5. The number of carboxylic acids is 1. The second kappa shape index (κ2) is 5.68. The quantitative estimate of drug-likeness (QED) is 0.670. The van der Waals surface area contributed by atoms with Gasteiger partial charge in [-0.25, -0.2) is 4.79 Å². The van der Waals surface area contributed by atoms with Crippen molar-refractivity contribution in [3.63, 3.8) is 0 Å². The van der Waals surface area contributed by atoms with Gasteiger partial charge in [-0.15, -0.1) is 0 Å². The molecule has 0 spiro atoms. The smallest absolute Gasteiger partial charge is 0.347 e. The molecule has 4 aliphatic rings. The summed E-state index contributed by atoms with van der Waals surface area (Å²) in [6, 6.07) is 0. The van der Waals surface area contributed by atoms with Crippen molar-refractivity contribution in [1.29, 1.82) is 0 Å². The average molecular weight is 379 g/mol. The van der Waals surface area contributed by atoms with Crippen LogP contribution in [0.1, 0.15) is 65.2 Å². The standard InChI is InChI=1S/C21H27ClO4/c1-19-9-10-21(26)15(14(19)5-6-16(19)17(22)18(24)25)4-3-12-11-13(23)7-8-20(12,21)2/h11,14-15,26H,3-10H2,1-2H3,(H,24,25)/b17-16-/t14-,15-,19-,20-,21+/m0/s1. The zero-order valence-electron chi connectivity index (χ0n) is 15.5. The lowest BCUT2D eigenvalue weighted by Crippen LogP contribution is -2.62. The van der Waals surface area contributed by atoms with E-state index in [4.69, 9.17) is 11.6 Å². The molecule has 4 rings (SSSR count). The molecule has 0 radical (unpaired) electrons. The Balaban J connectivity index is 1.75. The van der Waals surface area contributed by atoms with E-state index in [0.717, 1.165) is 36.8 Å². The highest BCUT2D eigenvalue weighted by Gasteiger charge is 2.65. The first-order chi connectivity index (χ1) is 12.1. The molecule has 3 saturated carbocycles. The van der Waals surface area contributed by atoms with Crippen LogP contribution in [0.25, 0.3) is 0 Å². The summed E-state index contributed by atoms with van der Waals surface area (Å²) < 4.78 is 0. The highest BCUT2D eigenvalue weighted by molar-refractivity contribution is 6.41. The summed E-state index contributed by atoms with van der Waals surface area (Å²) in [6.07, 6.45) is 7.71. The number of ketones is 1. The third-order valence-electron chi connectivity index (χ3n) is 8.39. The summed E-state index contributed by atoms with van der Waals surface area (Å²) in [5.41, 5.74) is 0.591. The molecule has 0 aromatic heterocycles. The summed E-state index contributed by atoms with van der Waals surface area (Å²) in [7, 11) is 0. The Hall–Kier alpha value is -1.13. The van der Waals surface area contributed by atoms with Gasteiger partial charge in [0, 0.05) is 11.8 Å². The number of carbonyl (C=O) groups excluding carboxylic acids is 1. The maximum Gasteiger partial charge on any atom is 0.347 e. The van der Waals surface area contributed by atoms with Crippen LogP contribution in [0.2, 0.25) is 0 Å². The van der Waals surface area contributed by atoms with Gasteiger partial charge < -0.3 is 10.2 Å². The van der Waals surface area contributed by atoms with E-state index in [1.165, 1.54) is 0 Å². The fourth-order valence-electron chi connectivity index (χ4n) is 6.81. The Kier molecular flexibility index (Phi) is 3.99. The summed E-state index contributed by atoms with van der Waals surface area (Å²) in [5, 5.41) is 21.3. The van der Waals surface area contributed by atoms with Crippen LogP contribution in [0, 0.1) is 22.7 Å². The van der Waals surface area contributed by atoms with Crippen molar-refractivity contribution in [3.05, 3.63) is 22.3 Å². The van der Waals surface area contributed by atoms with E-state index >= 15 is 0 Å². The number of aliphatic carboxylic acids is 1. The van der Waals surface area contributed by atoms with Gasteiger partial charge in [-0.2, -0.15) is 0 Å². The number of carboxylic acid groups (broad SMARTS) is 1. The van der Waals surface area contributed by atoms with E-state index in [2.05, 4.69) is 13.8 Å². The van der Waals surface area contributed by atoms with E-state index in [1.807, 2.05) is 0 Å². The lowest BCUT2D eigenvalue weighted by molar-refractivity contribution is -0.183. The van der Waals surface area contributed by atoms with Crippen LogP contribution in [0.5, 0.6) is 0 Å². The molecule has 0 bridgehead atoms. The van der Waals surface area contributed by atoms with Crippen molar-refractivity contribution in [2.24, 2.45) is 22.7 Å². The van der Waals surface area contributed by atoms with Gasteiger partial charge in [0.05, 0.1) is 5.60 Å². The molecule has 142 valence electrons. The summed E-state index contributed by atoms with van der Waals surface area (Å²) in [6.45, 7) is 4.28. The first-order valence-corrected chi connectivity index (χ1v) is 10.1. The summed E-state index contributed by atoms with van der Waals surface area (Å²) >= 11 is 6.17. The average Bonchev–Trinajstić information content (AvgIpc) is 2.93. The third-order valence-corrected chi connectivity index (χ3v) is 8.78. The molecule has 0 amide bonds. The molecular weight excluding hydrogens is 352 g/mol. The summed E-state index contributed by atoms with van der Waals surface area (Å²) in [5.74, 6) is -0.483. The first kappa shape index (κ1) is 18.2. The monoisotopic (exact) mass is 378 g/mol. The minimum Gasteiger partial charge on any atom is -0.477 e. The number of rotatable bonds is 1. The maximum absolute atomic E-state index is 11.9. The van der Waals surface area contributed by atoms with Crippen LogP contribution in [0.3, 0.4) is 0 Å². The first-order valence-electron chi connectivity index (χ1n) is 9.72. The van der Waals surface area contributed by atoms with Crippen LogP contribution in [0.4, 0.5) is 0 Å². The van der Waals surface area contributed by atoms with E-state index in [9.17, 15) is 19.8 Å². The molecule has 0 aromatic carbocycles. The van der Waals surface area contributed by atoms with Gasteiger partial charge in [-0.05, 0) is 73.8 Å². The minimum absolute atomic E-state index is 0.0219. The Morgan fingerprint density at radius 2 is 1.81 bits per heavy atom. The fraction of sp³-hybridized carbons (Fsp3) is 0.714. The molecule has 5 atom stereocenters. The summed E-state index contributed by atoms with van der Waals surface area (Å²) in [4.78, 5) is 23.3. The largest absolute Gasteiger partial charge is 0.477 e. The van der Waals surface area contributed by atoms with E-state index in [1.54, 1.807) is 6.08 Å². The van der Waals surface area contributed by atoms with Crippen LogP contribution < -0.4 is 0 Å². The van der Waals surface area contributed by atoms with Gasteiger partial charge in [0.15, 0.2) is 5.78 Å². The van der Waals surface area contributed by atoms with Crippen LogP contribution in [0.15, 0.2) is 22.3 Å². The molecule has 4 aliphatic carbocycles. The minimum atomic E-state index is -1.05. The third kappa shape index (κ3) is 2.18. The van der Waals surface area contributed by atoms with E-state index in [-0.39, 0.29) is 33.5 Å². The molecule has 0 aromatic rings. The second-order valence-corrected chi connectivity index (χ2v) is 9.58. The van der Waals surface area contributed by atoms with Crippen molar-refractivity contribution in [1.82, 2.24) is 0 Å². The van der Waals surface area contributed by atoms with Crippen molar-refractivity contribution >= 4 is 23.4 Å². The van der Waals surface area contributed by atoms with Crippen molar-refractivity contribution < 1.29 is 19.8 Å². The number of aliphatic hydroxyl groups is 1. The lowest BCUT2D eigenvalue weighted by atomic mass is 9.45. The Morgan fingerprint density at radius 1 is 1.12 bits per heavy atom. The number of hydrogen-bond donors (Lipinski definition) is 2. The molecule has 0 heterocycles. The fourth-order valence-corrected chi connectivity index (χ4v) is 7.12. The van der Waals surface area contributed by atoms with Gasteiger partial charge in [-0.1, -0.05) is 31.0 Å². The maximum atomic E-state index is 11.9. The van der Waals surface area contributed by atoms with Gasteiger partial charge in [-0.3, -0.25) is 4.79 Å². The number of halogens is 1. The molecular formula is C21H27ClO4. The molecule has 0 saturated heterocycles. The molecule has 0 aliphatic heterocycles. The van der Waals surface area contributed by atoms with Crippen LogP contribution in [-0.4, -0.2) is 27.6 Å². The van der Waals surface area contributed by atoms with E-state index in [0.29, 0.717) is 25.7 Å².